The molecule has 0 amide bonds. The lowest BCUT2D eigenvalue weighted by Gasteiger charge is -2.15. The second-order valence-corrected chi connectivity index (χ2v) is 4.10. The molecule has 5 heteroatoms. The number of benzene rings is 1. The highest BCUT2D eigenvalue weighted by molar-refractivity contribution is 9.10. The topological polar surface area (TPSA) is 46.4 Å². The molecule has 0 bridgehead atoms. The van der Waals surface area contributed by atoms with Crippen LogP contribution in [-0.2, 0) is 0 Å². The molecule has 4 nitrogen and oxygen atoms in total. The molecule has 0 unspecified atom stereocenters. The molecule has 0 spiro atoms. The summed E-state index contributed by atoms with van der Waals surface area (Å²) in [5.41, 5.74) is 1.75. The molecule has 76 valence electrons. The lowest BCUT2D eigenvalue weighted by Crippen LogP contribution is -2.10. The summed E-state index contributed by atoms with van der Waals surface area (Å²) in [7, 11) is 3.79. The van der Waals surface area contributed by atoms with Crippen molar-refractivity contribution in [2.24, 2.45) is 0 Å². The fraction of sp³-hybridized carbons (Fsp3) is 0.333. The lowest BCUT2D eigenvalue weighted by molar-refractivity contribution is -0.385. The summed E-state index contributed by atoms with van der Waals surface area (Å²) >= 11 is 3.30. The average molecular weight is 259 g/mol. The quantitative estimate of drug-likeness (QED) is 0.606. The van der Waals surface area contributed by atoms with Crippen LogP contribution in [0.15, 0.2) is 16.6 Å². The third-order valence-electron chi connectivity index (χ3n) is 1.94. The highest BCUT2D eigenvalue weighted by atomic mass is 79.9. The van der Waals surface area contributed by atoms with Gasteiger partial charge in [-0.2, -0.15) is 0 Å². The highest BCUT2D eigenvalue weighted by Crippen LogP contribution is 2.31. The van der Waals surface area contributed by atoms with Gasteiger partial charge in [-0.15, -0.1) is 0 Å². The first kappa shape index (κ1) is 11.0. The van der Waals surface area contributed by atoms with Gasteiger partial charge in [0.25, 0.3) is 5.69 Å². The van der Waals surface area contributed by atoms with E-state index in [1.807, 2.05) is 19.0 Å². The third-order valence-corrected chi connectivity index (χ3v) is 2.58. The number of nitrogens with zero attached hydrogens (tertiary/aromatic N) is 2. The third kappa shape index (κ3) is 2.04. The Morgan fingerprint density at radius 2 is 2.00 bits per heavy atom. The van der Waals surface area contributed by atoms with E-state index in [1.54, 1.807) is 13.0 Å². The minimum Gasteiger partial charge on any atom is -0.377 e. The van der Waals surface area contributed by atoms with Crippen LogP contribution in [-0.4, -0.2) is 19.0 Å². The first-order valence-electron chi connectivity index (χ1n) is 4.05. The van der Waals surface area contributed by atoms with Crippen LogP contribution in [0.1, 0.15) is 5.56 Å². The van der Waals surface area contributed by atoms with Crippen molar-refractivity contribution in [1.82, 2.24) is 0 Å². The monoisotopic (exact) mass is 258 g/mol. The van der Waals surface area contributed by atoms with Crippen LogP contribution in [0.25, 0.3) is 0 Å². The van der Waals surface area contributed by atoms with Gasteiger partial charge >= 0.3 is 0 Å². The van der Waals surface area contributed by atoms with Gasteiger partial charge in [-0.25, -0.2) is 0 Å². The summed E-state index contributed by atoms with van der Waals surface area (Å²) in [4.78, 5) is 12.2. The minimum atomic E-state index is -0.375. The Balaban J connectivity index is 3.31. The van der Waals surface area contributed by atoms with E-state index in [-0.39, 0.29) is 10.6 Å². The minimum absolute atomic E-state index is 0.141. The zero-order valence-electron chi connectivity index (χ0n) is 8.24. The summed E-state index contributed by atoms with van der Waals surface area (Å²) in [6.45, 7) is 1.73. The summed E-state index contributed by atoms with van der Waals surface area (Å²) in [6, 6.07) is 3.33. The maximum atomic E-state index is 10.6. The summed E-state index contributed by atoms with van der Waals surface area (Å²) in [5.74, 6) is 0. The summed E-state index contributed by atoms with van der Waals surface area (Å²) in [6.07, 6.45) is 0. The van der Waals surface area contributed by atoms with E-state index in [4.69, 9.17) is 0 Å². The van der Waals surface area contributed by atoms with Gasteiger partial charge in [0.15, 0.2) is 0 Å². The standard InChI is InChI=1S/C9H11BrN2O2/c1-6-4-9(11(2)3)7(10)5-8(6)12(13)14/h4-5H,1-3H3. The molecule has 1 rings (SSSR count). The van der Waals surface area contributed by atoms with Crippen molar-refractivity contribution in [2.75, 3.05) is 19.0 Å². The van der Waals surface area contributed by atoms with Gasteiger partial charge in [0.1, 0.15) is 0 Å². The second kappa shape index (κ2) is 3.96. The van der Waals surface area contributed by atoms with E-state index >= 15 is 0 Å². The van der Waals surface area contributed by atoms with Crippen LogP contribution in [0.3, 0.4) is 0 Å². The molecule has 0 atom stereocenters. The Morgan fingerprint density at radius 1 is 1.43 bits per heavy atom. The second-order valence-electron chi connectivity index (χ2n) is 3.24. The number of hydrogen-bond donors (Lipinski definition) is 0. The lowest BCUT2D eigenvalue weighted by atomic mass is 10.2. The van der Waals surface area contributed by atoms with Crippen LogP contribution in [0, 0.1) is 17.0 Å². The maximum Gasteiger partial charge on any atom is 0.273 e. The number of nitro benzene ring substituents is 1. The Kier molecular flexibility index (Phi) is 3.10. The van der Waals surface area contributed by atoms with Gasteiger partial charge in [0, 0.05) is 30.2 Å². The number of halogens is 1. The number of rotatable bonds is 2. The molecule has 0 aliphatic rings. The van der Waals surface area contributed by atoms with Gasteiger partial charge in [-0.3, -0.25) is 10.1 Å². The predicted molar refractivity (Wildman–Crippen MR) is 59.9 cm³/mol. The highest BCUT2D eigenvalue weighted by Gasteiger charge is 2.14. The van der Waals surface area contributed by atoms with Crippen molar-refractivity contribution in [3.05, 3.63) is 32.3 Å². The van der Waals surface area contributed by atoms with Gasteiger partial charge < -0.3 is 4.90 Å². The van der Waals surface area contributed by atoms with Crippen LogP contribution < -0.4 is 4.90 Å². The van der Waals surface area contributed by atoms with E-state index in [2.05, 4.69) is 15.9 Å². The molecular formula is C9H11BrN2O2. The van der Waals surface area contributed by atoms with E-state index in [9.17, 15) is 10.1 Å². The molecule has 14 heavy (non-hydrogen) atoms. The van der Waals surface area contributed by atoms with Crippen molar-refractivity contribution in [3.8, 4) is 0 Å². The largest absolute Gasteiger partial charge is 0.377 e. The molecule has 0 saturated carbocycles. The number of hydrogen-bond acceptors (Lipinski definition) is 3. The first-order valence-corrected chi connectivity index (χ1v) is 4.84. The normalized spacial score (nSPS) is 10.0. The molecule has 0 aliphatic heterocycles. The van der Waals surface area contributed by atoms with Gasteiger partial charge in [-0.05, 0) is 28.9 Å². The summed E-state index contributed by atoms with van der Waals surface area (Å²) in [5, 5.41) is 10.6. The molecule has 1 aromatic carbocycles. The summed E-state index contributed by atoms with van der Waals surface area (Å²) < 4.78 is 0.736. The van der Waals surface area contributed by atoms with Crippen molar-refractivity contribution >= 4 is 27.3 Å². The van der Waals surface area contributed by atoms with Crippen molar-refractivity contribution in [3.63, 3.8) is 0 Å². The van der Waals surface area contributed by atoms with Crippen LogP contribution >= 0.6 is 15.9 Å². The number of aryl methyl sites for hydroxylation is 1. The molecule has 0 N–H and O–H groups in total. The molecule has 0 radical (unpaired) electrons. The SMILES string of the molecule is Cc1cc(N(C)C)c(Br)cc1[N+](=O)[O-]. The number of nitro groups is 1. The first-order chi connectivity index (χ1) is 6.43. The molecule has 0 aromatic heterocycles. The van der Waals surface area contributed by atoms with E-state index < -0.39 is 0 Å². The van der Waals surface area contributed by atoms with Crippen molar-refractivity contribution < 1.29 is 4.92 Å². The maximum absolute atomic E-state index is 10.6. The van der Waals surface area contributed by atoms with Gasteiger partial charge in [0.05, 0.1) is 10.6 Å². The molecule has 0 saturated heterocycles. The fourth-order valence-corrected chi connectivity index (χ4v) is 1.88. The average Bonchev–Trinajstić information content (AvgIpc) is 2.07. The van der Waals surface area contributed by atoms with Crippen LogP contribution in [0.2, 0.25) is 0 Å². The molecular weight excluding hydrogens is 248 g/mol. The Bertz CT molecular complexity index is 377. The van der Waals surface area contributed by atoms with Gasteiger partial charge in [0.2, 0.25) is 0 Å². The zero-order chi connectivity index (χ0) is 10.9. The van der Waals surface area contributed by atoms with E-state index in [0.717, 1.165) is 10.2 Å². The smallest absolute Gasteiger partial charge is 0.273 e. The van der Waals surface area contributed by atoms with Crippen molar-refractivity contribution in [1.29, 1.82) is 0 Å². The van der Waals surface area contributed by atoms with Crippen LogP contribution in [0.5, 0.6) is 0 Å². The van der Waals surface area contributed by atoms with Crippen LogP contribution in [0.4, 0.5) is 11.4 Å². The Hall–Kier alpha value is -1.10. The van der Waals surface area contributed by atoms with Crippen molar-refractivity contribution in [2.45, 2.75) is 6.92 Å². The predicted octanol–water partition coefficient (Wildman–Crippen LogP) is 2.73. The molecule has 0 aliphatic carbocycles. The van der Waals surface area contributed by atoms with E-state index in [1.165, 1.54) is 6.07 Å². The fourth-order valence-electron chi connectivity index (χ4n) is 1.20. The number of anilines is 1. The van der Waals surface area contributed by atoms with E-state index in [0.29, 0.717) is 5.56 Å². The molecule has 0 heterocycles. The Labute approximate surface area is 90.8 Å². The Morgan fingerprint density at radius 3 is 2.43 bits per heavy atom. The molecule has 0 fully saturated rings. The van der Waals surface area contributed by atoms with Gasteiger partial charge in [-0.1, -0.05) is 0 Å². The molecule has 1 aromatic rings. The zero-order valence-corrected chi connectivity index (χ0v) is 9.83.